The molecule has 0 saturated carbocycles. The number of nitrogens with two attached hydrogens (primary N) is 1. The number of carbonyl (C=O) groups is 1. The highest BCUT2D eigenvalue weighted by atomic mass is 32.2. The van der Waals surface area contributed by atoms with Gasteiger partial charge in [-0.05, 0) is 52.9 Å². The fourth-order valence-corrected chi connectivity index (χ4v) is 4.89. The van der Waals surface area contributed by atoms with Crippen LogP contribution in [0.2, 0.25) is 0 Å². The van der Waals surface area contributed by atoms with Crippen molar-refractivity contribution in [1.82, 2.24) is 0 Å². The Balaban J connectivity index is 1.79. The predicted molar refractivity (Wildman–Crippen MR) is 142 cm³/mol. The number of benzene rings is 3. The molecular formula is C27H27F3N4O3S. The van der Waals surface area contributed by atoms with Crippen molar-refractivity contribution in [1.29, 1.82) is 0 Å². The molecule has 0 bridgehead atoms. The van der Waals surface area contributed by atoms with E-state index in [-0.39, 0.29) is 34.3 Å². The Morgan fingerprint density at radius 1 is 1.03 bits per heavy atom. The van der Waals surface area contributed by atoms with E-state index in [1.165, 1.54) is 18.2 Å². The zero-order valence-electron chi connectivity index (χ0n) is 21.0. The van der Waals surface area contributed by atoms with Gasteiger partial charge in [0, 0.05) is 13.6 Å². The monoisotopic (exact) mass is 544 g/mol. The van der Waals surface area contributed by atoms with E-state index in [4.69, 9.17) is 5.14 Å². The number of fused-ring (bicyclic) bond motifs is 1. The van der Waals surface area contributed by atoms with Gasteiger partial charge in [0.1, 0.15) is 0 Å². The molecule has 3 N–H and O–H groups in total. The van der Waals surface area contributed by atoms with Gasteiger partial charge < -0.3 is 10.2 Å². The van der Waals surface area contributed by atoms with Crippen LogP contribution in [0, 0.1) is 5.92 Å². The van der Waals surface area contributed by atoms with E-state index >= 15 is 0 Å². The Morgan fingerprint density at radius 2 is 1.68 bits per heavy atom. The standard InChI is InChI=1S/C27H27F3N4O3S/c1-16(2)15-34(3)25-13-24-23(12-21(25)27(28,29)30)33-26(35)14-22(32-24)19-6-4-5-18(11-19)17-7-9-20(10-8-17)38(31,36)37/h4-13,16H,14-15H2,1-3H3,(H,33,35)(H2,31,36,37). The van der Waals surface area contributed by atoms with E-state index in [1.807, 2.05) is 19.9 Å². The average molecular weight is 545 g/mol. The predicted octanol–water partition coefficient (Wildman–Crippen LogP) is 5.58. The zero-order chi connectivity index (χ0) is 27.8. The van der Waals surface area contributed by atoms with E-state index in [0.717, 1.165) is 11.6 Å². The second kappa shape index (κ2) is 10.2. The molecule has 0 unspecified atom stereocenters. The quantitative estimate of drug-likeness (QED) is 0.423. The molecule has 1 heterocycles. The van der Waals surface area contributed by atoms with Gasteiger partial charge in [0.05, 0.1) is 39.7 Å². The van der Waals surface area contributed by atoms with Crippen molar-refractivity contribution in [2.24, 2.45) is 16.0 Å². The van der Waals surface area contributed by atoms with E-state index in [1.54, 1.807) is 42.3 Å². The summed E-state index contributed by atoms with van der Waals surface area (Å²) in [6, 6.07) is 15.5. The van der Waals surface area contributed by atoms with Crippen LogP contribution >= 0.6 is 0 Å². The molecule has 3 aromatic carbocycles. The number of nitrogens with one attached hydrogen (secondary N) is 1. The number of halogens is 3. The Morgan fingerprint density at radius 3 is 2.29 bits per heavy atom. The number of anilines is 2. The van der Waals surface area contributed by atoms with Crippen molar-refractivity contribution < 1.29 is 26.4 Å². The Hall–Kier alpha value is -3.70. The lowest BCUT2D eigenvalue weighted by Gasteiger charge is -2.26. The lowest BCUT2D eigenvalue weighted by Crippen LogP contribution is -2.25. The average Bonchev–Trinajstić information content (AvgIpc) is 2.99. The van der Waals surface area contributed by atoms with Gasteiger partial charge in [0.25, 0.3) is 0 Å². The minimum Gasteiger partial charge on any atom is -0.374 e. The van der Waals surface area contributed by atoms with E-state index in [9.17, 15) is 26.4 Å². The molecule has 0 saturated heterocycles. The molecule has 0 aliphatic carbocycles. The van der Waals surface area contributed by atoms with Crippen LogP contribution in [0.4, 0.5) is 30.2 Å². The third-order valence-corrected chi connectivity index (χ3v) is 6.97. The highest BCUT2D eigenvalue weighted by Gasteiger charge is 2.36. The van der Waals surface area contributed by atoms with Gasteiger partial charge in [-0.1, -0.05) is 44.2 Å². The summed E-state index contributed by atoms with van der Waals surface area (Å²) in [5.74, 6) is -0.359. The van der Waals surface area contributed by atoms with Crippen molar-refractivity contribution in [3.8, 4) is 11.1 Å². The lowest BCUT2D eigenvalue weighted by atomic mass is 9.99. The summed E-state index contributed by atoms with van der Waals surface area (Å²) in [7, 11) is -2.23. The second-order valence-electron chi connectivity index (χ2n) is 9.59. The third-order valence-electron chi connectivity index (χ3n) is 6.04. The van der Waals surface area contributed by atoms with Gasteiger partial charge in [0.15, 0.2) is 0 Å². The molecule has 1 aliphatic heterocycles. The summed E-state index contributed by atoms with van der Waals surface area (Å²) >= 11 is 0. The first-order valence-electron chi connectivity index (χ1n) is 11.8. The highest BCUT2D eigenvalue weighted by Crippen LogP contribution is 2.43. The van der Waals surface area contributed by atoms with Crippen LogP contribution in [0.1, 0.15) is 31.4 Å². The van der Waals surface area contributed by atoms with Gasteiger partial charge in [-0.25, -0.2) is 13.6 Å². The summed E-state index contributed by atoms with van der Waals surface area (Å²) in [5, 5.41) is 7.74. The normalized spacial score (nSPS) is 14.0. The third kappa shape index (κ3) is 6.05. The van der Waals surface area contributed by atoms with Gasteiger partial charge in [-0.15, -0.1) is 0 Å². The molecular weight excluding hydrogens is 517 g/mol. The van der Waals surface area contributed by atoms with Crippen LogP contribution < -0.4 is 15.4 Å². The van der Waals surface area contributed by atoms with Gasteiger partial charge in [0.2, 0.25) is 15.9 Å². The van der Waals surface area contributed by atoms with E-state index < -0.39 is 27.7 Å². The Bertz CT molecular complexity index is 1520. The zero-order valence-corrected chi connectivity index (χ0v) is 21.8. The van der Waals surface area contributed by atoms with Crippen LogP contribution in [0.15, 0.2) is 70.6 Å². The summed E-state index contributed by atoms with van der Waals surface area (Å²) in [6.45, 7) is 4.23. The molecule has 0 aromatic heterocycles. The number of hydrogen-bond acceptors (Lipinski definition) is 5. The number of alkyl halides is 3. The number of primary sulfonamides is 1. The summed E-state index contributed by atoms with van der Waals surface area (Å²) in [6.07, 6.45) is -4.76. The van der Waals surface area contributed by atoms with Crippen molar-refractivity contribution in [3.63, 3.8) is 0 Å². The first kappa shape index (κ1) is 27.3. The molecule has 3 aromatic rings. The van der Waals surface area contributed by atoms with Crippen LogP contribution in [0.5, 0.6) is 0 Å². The fraction of sp³-hybridized carbons (Fsp3) is 0.259. The number of hydrogen-bond donors (Lipinski definition) is 2. The maximum absolute atomic E-state index is 13.9. The summed E-state index contributed by atoms with van der Waals surface area (Å²) in [5.41, 5.74) is 1.81. The van der Waals surface area contributed by atoms with Crippen molar-refractivity contribution >= 4 is 38.7 Å². The number of aliphatic imine (C=N–C) groups is 1. The van der Waals surface area contributed by atoms with Gasteiger partial charge in [-0.2, -0.15) is 13.2 Å². The van der Waals surface area contributed by atoms with Gasteiger partial charge >= 0.3 is 6.18 Å². The molecule has 7 nitrogen and oxygen atoms in total. The van der Waals surface area contributed by atoms with Crippen LogP contribution in [0.25, 0.3) is 11.1 Å². The molecule has 0 fully saturated rings. The summed E-state index contributed by atoms with van der Waals surface area (Å²) in [4.78, 5) is 18.8. The molecule has 0 atom stereocenters. The first-order valence-corrected chi connectivity index (χ1v) is 13.3. The smallest absolute Gasteiger partial charge is 0.374 e. The number of rotatable bonds is 6. The molecule has 0 spiro atoms. The molecule has 1 aliphatic rings. The number of carbonyl (C=O) groups excluding carboxylic acids is 1. The van der Waals surface area contributed by atoms with Crippen molar-refractivity contribution in [2.45, 2.75) is 31.3 Å². The lowest BCUT2D eigenvalue weighted by molar-refractivity contribution is -0.137. The number of nitrogens with zero attached hydrogens (tertiary/aromatic N) is 2. The fourth-order valence-electron chi connectivity index (χ4n) is 4.37. The topological polar surface area (TPSA) is 105 Å². The Labute approximate surface area is 219 Å². The molecule has 200 valence electrons. The largest absolute Gasteiger partial charge is 0.418 e. The minimum absolute atomic E-state index is 0.00578. The Kier molecular flexibility index (Phi) is 7.35. The highest BCUT2D eigenvalue weighted by molar-refractivity contribution is 7.89. The molecule has 1 amide bonds. The van der Waals surface area contributed by atoms with Gasteiger partial charge in [-0.3, -0.25) is 9.79 Å². The SMILES string of the molecule is CC(C)CN(C)c1cc2c(cc1C(F)(F)F)NC(=O)CC(c1cccc(-c3ccc(S(N)(=O)=O)cc3)c1)=N2. The van der Waals surface area contributed by atoms with Crippen LogP contribution in [-0.4, -0.2) is 33.6 Å². The van der Waals surface area contributed by atoms with Crippen molar-refractivity contribution in [2.75, 3.05) is 23.8 Å². The maximum Gasteiger partial charge on any atom is 0.418 e. The number of amides is 1. The summed E-state index contributed by atoms with van der Waals surface area (Å²) < 4.78 is 64.9. The van der Waals surface area contributed by atoms with Crippen molar-refractivity contribution in [3.05, 3.63) is 71.8 Å². The van der Waals surface area contributed by atoms with E-state index in [0.29, 0.717) is 23.4 Å². The van der Waals surface area contributed by atoms with Crippen LogP contribution in [-0.2, 0) is 21.0 Å². The van der Waals surface area contributed by atoms with Crippen LogP contribution in [0.3, 0.4) is 0 Å². The first-order chi connectivity index (χ1) is 17.7. The molecule has 4 rings (SSSR count). The number of sulfonamides is 1. The second-order valence-corrected chi connectivity index (χ2v) is 11.2. The maximum atomic E-state index is 13.9. The molecule has 11 heteroatoms. The van der Waals surface area contributed by atoms with E-state index in [2.05, 4.69) is 10.3 Å². The molecule has 38 heavy (non-hydrogen) atoms. The molecule has 0 radical (unpaired) electrons. The minimum atomic E-state index is -4.62.